The Bertz CT molecular complexity index is 378. The zero-order valence-electron chi connectivity index (χ0n) is 11.1. The van der Waals surface area contributed by atoms with Crippen LogP contribution in [0.3, 0.4) is 0 Å². The summed E-state index contributed by atoms with van der Waals surface area (Å²) in [5.41, 5.74) is 1.10. The van der Waals surface area contributed by atoms with Crippen LogP contribution in [0.4, 0.5) is 0 Å². The van der Waals surface area contributed by atoms with Crippen LogP contribution in [-0.4, -0.2) is 17.8 Å². The number of alkyl halides is 1. The molecule has 0 heterocycles. The maximum atomic E-state index is 11.9. The van der Waals surface area contributed by atoms with Gasteiger partial charge in [0.1, 0.15) is 5.75 Å². The van der Waals surface area contributed by atoms with Crippen LogP contribution in [0.2, 0.25) is 0 Å². The van der Waals surface area contributed by atoms with Crippen LogP contribution < -0.4 is 10.1 Å². The lowest BCUT2D eigenvalue weighted by atomic mass is 10.0. The summed E-state index contributed by atoms with van der Waals surface area (Å²) in [4.78, 5) is 11.7. The lowest BCUT2D eigenvalue weighted by Crippen LogP contribution is -2.33. The summed E-state index contributed by atoms with van der Waals surface area (Å²) >= 11 is 3.36. The van der Waals surface area contributed by atoms with E-state index in [1.807, 2.05) is 31.2 Å². The van der Waals surface area contributed by atoms with Gasteiger partial charge in [0.15, 0.2) is 0 Å². The predicted molar refractivity (Wildman–Crippen MR) is 77.2 cm³/mol. The lowest BCUT2D eigenvalue weighted by molar-refractivity contribution is -0.121. The SMILES string of the molecule is CCC(Br)C(=O)NC(CC)c1ccc(OC)cc1. The molecular weight excluding hydrogens is 294 g/mol. The Kier molecular flexibility index (Phi) is 6.19. The highest BCUT2D eigenvalue weighted by molar-refractivity contribution is 9.10. The fourth-order valence-electron chi connectivity index (χ4n) is 1.70. The van der Waals surface area contributed by atoms with Crippen molar-refractivity contribution in [3.63, 3.8) is 0 Å². The Balaban J connectivity index is 2.73. The molecule has 1 N–H and O–H groups in total. The topological polar surface area (TPSA) is 38.3 Å². The van der Waals surface area contributed by atoms with E-state index in [-0.39, 0.29) is 16.8 Å². The number of carbonyl (C=O) groups excluding carboxylic acids is 1. The van der Waals surface area contributed by atoms with Gasteiger partial charge in [-0.25, -0.2) is 0 Å². The molecule has 3 nitrogen and oxygen atoms in total. The molecule has 0 fully saturated rings. The van der Waals surface area contributed by atoms with Crippen molar-refractivity contribution in [1.29, 1.82) is 0 Å². The average molecular weight is 314 g/mol. The molecule has 18 heavy (non-hydrogen) atoms. The van der Waals surface area contributed by atoms with E-state index >= 15 is 0 Å². The highest BCUT2D eigenvalue weighted by Gasteiger charge is 2.17. The van der Waals surface area contributed by atoms with E-state index in [2.05, 4.69) is 28.2 Å². The number of halogens is 1. The zero-order chi connectivity index (χ0) is 13.5. The van der Waals surface area contributed by atoms with Gasteiger partial charge in [0.2, 0.25) is 5.91 Å². The molecule has 1 aromatic rings. The number of rotatable bonds is 6. The highest BCUT2D eigenvalue weighted by atomic mass is 79.9. The normalized spacial score (nSPS) is 13.8. The number of hydrogen-bond donors (Lipinski definition) is 1. The first-order valence-electron chi connectivity index (χ1n) is 6.20. The summed E-state index contributed by atoms with van der Waals surface area (Å²) in [7, 11) is 1.64. The van der Waals surface area contributed by atoms with Gasteiger partial charge in [0, 0.05) is 0 Å². The van der Waals surface area contributed by atoms with Crippen molar-refractivity contribution in [2.45, 2.75) is 37.6 Å². The summed E-state index contributed by atoms with van der Waals surface area (Å²) < 4.78 is 5.12. The molecule has 0 spiro atoms. The third-order valence-corrected chi connectivity index (χ3v) is 3.95. The monoisotopic (exact) mass is 313 g/mol. The number of benzene rings is 1. The predicted octanol–water partition coefficient (Wildman–Crippen LogP) is 3.44. The number of ether oxygens (including phenoxy) is 1. The van der Waals surface area contributed by atoms with Gasteiger partial charge >= 0.3 is 0 Å². The second-order valence-corrected chi connectivity index (χ2v) is 5.22. The number of amides is 1. The molecule has 0 saturated carbocycles. The van der Waals surface area contributed by atoms with Crippen molar-refractivity contribution in [1.82, 2.24) is 5.32 Å². The van der Waals surface area contributed by atoms with Crippen LogP contribution in [0.25, 0.3) is 0 Å². The molecular formula is C14H20BrNO2. The van der Waals surface area contributed by atoms with Crippen molar-refractivity contribution >= 4 is 21.8 Å². The van der Waals surface area contributed by atoms with Gasteiger partial charge in [0.25, 0.3) is 0 Å². The molecule has 0 aliphatic heterocycles. The first kappa shape index (κ1) is 15.0. The van der Waals surface area contributed by atoms with E-state index < -0.39 is 0 Å². The van der Waals surface area contributed by atoms with E-state index in [1.165, 1.54) is 0 Å². The molecule has 1 aromatic carbocycles. The van der Waals surface area contributed by atoms with Crippen molar-refractivity contribution in [2.75, 3.05) is 7.11 Å². The van der Waals surface area contributed by atoms with E-state index in [0.717, 1.165) is 24.2 Å². The molecule has 1 rings (SSSR count). The molecule has 4 heteroatoms. The fourth-order valence-corrected chi connectivity index (χ4v) is 1.84. The first-order chi connectivity index (χ1) is 8.62. The Morgan fingerprint density at radius 1 is 1.28 bits per heavy atom. The largest absolute Gasteiger partial charge is 0.497 e. The summed E-state index contributed by atoms with van der Waals surface area (Å²) in [6, 6.07) is 7.85. The summed E-state index contributed by atoms with van der Waals surface area (Å²) in [5.74, 6) is 0.868. The molecule has 0 radical (unpaired) electrons. The lowest BCUT2D eigenvalue weighted by Gasteiger charge is -2.19. The number of methoxy groups -OCH3 is 1. The first-order valence-corrected chi connectivity index (χ1v) is 7.12. The van der Waals surface area contributed by atoms with Gasteiger partial charge in [-0.3, -0.25) is 4.79 Å². The molecule has 0 aliphatic rings. The van der Waals surface area contributed by atoms with E-state index in [4.69, 9.17) is 4.74 Å². The average Bonchev–Trinajstić information content (AvgIpc) is 2.43. The maximum Gasteiger partial charge on any atom is 0.234 e. The third-order valence-electron chi connectivity index (χ3n) is 2.89. The Hall–Kier alpha value is -1.03. The molecule has 0 saturated heterocycles. The van der Waals surface area contributed by atoms with Gasteiger partial charge in [-0.2, -0.15) is 0 Å². The standard InChI is InChI=1S/C14H20BrNO2/c1-4-12(15)14(17)16-13(5-2)10-6-8-11(18-3)9-7-10/h6-9,12-13H,4-5H2,1-3H3,(H,16,17). The van der Waals surface area contributed by atoms with Crippen molar-refractivity contribution in [3.8, 4) is 5.75 Å². The molecule has 2 atom stereocenters. The third kappa shape index (κ3) is 4.02. The van der Waals surface area contributed by atoms with Gasteiger partial charge < -0.3 is 10.1 Å². The maximum absolute atomic E-state index is 11.9. The van der Waals surface area contributed by atoms with Crippen LogP contribution >= 0.6 is 15.9 Å². The fraction of sp³-hybridized carbons (Fsp3) is 0.500. The van der Waals surface area contributed by atoms with Gasteiger partial charge in [-0.05, 0) is 30.5 Å². The molecule has 1 amide bonds. The van der Waals surface area contributed by atoms with Crippen LogP contribution in [0, 0.1) is 0 Å². The van der Waals surface area contributed by atoms with Crippen LogP contribution in [0.1, 0.15) is 38.3 Å². The van der Waals surface area contributed by atoms with Gasteiger partial charge in [0.05, 0.1) is 18.0 Å². The van der Waals surface area contributed by atoms with Crippen LogP contribution in [-0.2, 0) is 4.79 Å². The minimum atomic E-state index is -0.121. The quantitative estimate of drug-likeness (QED) is 0.817. The minimum Gasteiger partial charge on any atom is -0.497 e. The van der Waals surface area contributed by atoms with E-state index in [9.17, 15) is 4.79 Å². The van der Waals surface area contributed by atoms with Crippen LogP contribution in [0.15, 0.2) is 24.3 Å². The molecule has 2 unspecified atom stereocenters. The van der Waals surface area contributed by atoms with Gasteiger partial charge in [-0.15, -0.1) is 0 Å². The summed E-state index contributed by atoms with van der Waals surface area (Å²) in [6.07, 6.45) is 1.65. The highest BCUT2D eigenvalue weighted by Crippen LogP contribution is 2.20. The second-order valence-electron chi connectivity index (χ2n) is 4.12. The Labute approximate surface area is 117 Å². The zero-order valence-corrected chi connectivity index (χ0v) is 12.7. The smallest absolute Gasteiger partial charge is 0.234 e. The molecule has 0 bridgehead atoms. The van der Waals surface area contributed by atoms with E-state index in [0.29, 0.717) is 0 Å². The van der Waals surface area contributed by atoms with E-state index in [1.54, 1.807) is 7.11 Å². The number of carbonyl (C=O) groups is 1. The summed E-state index contributed by atoms with van der Waals surface area (Å²) in [6.45, 7) is 4.04. The summed E-state index contributed by atoms with van der Waals surface area (Å²) in [5, 5.41) is 3.04. The van der Waals surface area contributed by atoms with Crippen molar-refractivity contribution < 1.29 is 9.53 Å². The van der Waals surface area contributed by atoms with Crippen molar-refractivity contribution in [3.05, 3.63) is 29.8 Å². The Morgan fingerprint density at radius 3 is 2.33 bits per heavy atom. The van der Waals surface area contributed by atoms with Gasteiger partial charge in [-0.1, -0.05) is 41.9 Å². The number of hydrogen-bond acceptors (Lipinski definition) is 2. The Morgan fingerprint density at radius 2 is 1.89 bits per heavy atom. The van der Waals surface area contributed by atoms with Crippen LogP contribution in [0.5, 0.6) is 5.75 Å². The minimum absolute atomic E-state index is 0.0418. The molecule has 0 aromatic heterocycles. The molecule has 100 valence electrons. The van der Waals surface area contributed by atoms with Crippen molar-refractivity contribution in [2.24, 2.45) is 0 Å². The second kappa shape index (κ2) is 7.41. The number of nitrogens with one attached hydrogen (secondary N) is 1. The molecule has 0 aliphatic carbocycles.